The van der Waals surface area contributed by atoms with E-state index in [1.165, 1.54) is 0 Å². The Balaban J connectivity index is 2.45. The molecule has 0 saturated heterocycles. The van der Waals surface area contributed by atoms with Gasteiger partial charge in [-0.3, -0.25) is 4.79 Å². The fraction of sp³-hybridized carbons (Fsp3) is 0.846. The molecule has 1 rings (SSSR count). The van der Waals surface area contributed by atoms with E-state index in [2.05, 4.69) is 5.32 Å². The number of amides is 2. The second-order valence-corrected chi connectivity index (χ2v) is 5.08. The van der Waals surface area contributed by atoms with Crippen LogP contribution in [-0.4, -0.2) is 41.6 Å². The van der Waals surface area contributed by atoms with Crippen molar-refractivity contribution in [3.8, 4) is 0 Å². The molecule has 0 atom stereocenters. The van der Waals surface area contributed by atoms with Gasteiger partial charge in [-0.2, -0.15) is 0 Å². The SMILES string of the molecule is CCCN(CCC)C(=O)NCC1(C(=O)O)CCC1. The summed E-state index contributed by atoms with van der Waals surface area (Å²) in [4.78, 5) is 24.9. The molecule has 0 aromatic carbocycles. The summed E-state index contributed by atoms with van der Waals surface area (Å²) in [7, 11) is 0. The summed E-state index contributed by atoms with van der Waals surface area (Å²) in [6.07, 6.45) is 4.11. The van der Waals surface area contributed by atoms with Crippen LogP contribution in [0.2, 0.25) is 0 Å². The zero-order chi connectivity index (χ0) is 13.6. The molecule has 18 heavy (non-hydrogen) atoms. The van der Waals surface area contributed by atoms with E-state index in [4.69, 9.17) is 0 Å². The number of nitrogens with zero attached hydrogens (tertiary/aromatic N) is 1. The minimum Gasteiger partial charge on any atom is -0.481 e. The first-order valence-electron chi connectivity index (χ1n) is 6.82. The largest absolute Gasteiger partial charge is 0.481 e. The number of carbonyl (C=O) groups is 2. The Hall–Kier alpha value is -1.26. The van der Waals surface area contributed by atoms with Crippen LogP contribution < -0.4 is 5.32 Å². The van der Waals surface area contributed by atoms with Crippen LogP contribution in [0.1, 0.15) is 46.0 Å². The molecule has 0 heterocycles. The van der Waals surface area contributed by atoms with Crippen LogP contribution in [-0.2, 0) is 4.79 Å². The van der Waals surface area contributed by atoms with Gasteiger partial charge in [0.1, 0.15) is 0 Å². The van der Waals surface area contributed by atoms with Gasteiger partial charge in [0.15, 0.2) is 0 Å². The van der Waals surface area contributed by atoms with Gasteiger partial charge in [0.25, 0.3) is 0 Å². The van der Waals surface area contributed by atoms with Gasteiger partial charge in [-0.15, -0.1) is 0 Å². The van der Waals surface area contributed by atoms with Crippen LogP contribution in [0.4, 0.5) is 4.79 Å². The van der Waals surface area contributed by atoms with Crippen molar-refractivity contribution in [1.82, 2.24) is 10.2 Å². The quantitative estimate of drug-likeness (QED) is 0.732. The molecule has 0 aliphatic heterocycles. The Morgan fingerprint density at radius 1 is 1.22 bits per heavy atom. The Bertz CT molecular complexity index is 295. The summed E-state index contributed by atoms with van der Waals surface area (Å²) < 4.78 is 0. The molecule has 2 N–H and O–H groups in total. The number of carboxylic acid groups (broad SMARTS) is 1. The predicted molar refractivity (Wildman–Crippen MR) is 69.5 cm³/mol. The van der Waals surface area contributed by atoms with Gasteiger partial charge in [-0.25, -0.2) is 4.79 Å². The maximum Gasteiger partial charge on any atom is 0.317 e. The summed E-state index contributed by atoms with van der Waals surface area (Å²) in [6, 6.07) is -0.133. The first-order valence-corrected chi connectivity index (χ1v) is 6.82. The molecule has 0 aromatic heterocycles. The number of aliphatic carboxylic acids is 1. The lowest BCUT2D eigenvalue weighted by Crippen LogP contribution is -2.50. The van der Waals surface area contributed by atoms with Crippen LogP contribution in [0, 0.1) is 5.41 Å². The average Bonchev–Trinajstić information content (AvgIpc) is 2.26. The summed E-state index contributed by atoms with van der Waals surface area (Å²) in [5, 5.41) is 12.0. The van der Waals surface area contributed by atoms with Crippen molar-refractivity contribution in [2.45, 2.75) is 46.0 Å². The van der Waals surface area contributed by atoms with E-state index in [1.807, 2.05) is 13.8 Å². The van der Waals surface area contributed by atoms with Crippen LogP contribution in [0.15, 0.2) is 0 Å². The highest BCUT2D eigenvalue weighted by molar-refractivity contribution is 5.78. The third-order valence-corrected chi connectivity index (χ3v) is 3.62. The summed E-state index contributed by atoms with van der Waals surface area (Å²) in [5.41, 5.74) is -0.709. The molecule has 0 aromatic rings. The molecular weight excluding hydrogens is 232 g/mol. The van der Waals surface area contributed by atoms with E-state index in [1.54, 1.807) is 4.90 Å². The van der Waals surface area contributed by atoms with Gasteiger partial charge in [0.2, 0.25) is 0 Å². The normalized spacial score (nSPS) is 16.8. The number of carbonyl (C=O) groups excluding carboxylic acids is 1. The van der Waals surface area contributed by atoms with Crippen LogP contribution >= 0.6 is 0 Å². The third kappa shape index (κ3) is 3.37. The lowest BCUT2D eigenvalue weighted by Gasteiger charge is -2.38. The van der Waals surface area contributed by atoms with Gasteiger partial charge < -0.3 is 15.3 Å². The van der Waals surface area contributed by atoms with Crippen LogP contribution in [0.25, 0.3) is 0 Å². The van der Waals surface area contributed by atoms with Crippen LogP contribution in [0.3, 0.4) is 0 Å². The van der Waals surface area contributed by atoms with Crippen molar-refractivity contribution in [1.29, 1.82) is 0 Å². The number of nitrogens with one attached hydrogen (secondary N) is 1. The first kappa shape index (κ1) is 14.8. The number of rotatable bonds is 7. The van der Waals surface area contributed by atoms with Crippen molar-refractivity contribution in [2.75, 3.05) is 19.6 Å². The van der Waals surface area contributed by atoms with Crippen molar-refractivity contribution >= 4 is 12.0 Å². The van der Waals surface area contributed by atoms with Crippen molar-refractivity contribution in [2.24, 2.45) is 5.41 Å². The number of hydrogen-bond donors (Lipinski definition) is 2. The number of hydrogen-bond acceptors (Lipinski definition) is 2. The Labute approximate surface area is 109 Å². The molecular formula is C13H24N2O3. The molecule has 1 saturated carbocycles. The van der Waals surface area contributed by atoms with E-state index in [0.717, 1.165) is 32.4 Å². The molecule has 1 aliphatic carbocycles. The van der Waals surface area contributed by atoms with Crippen molar-refractivity contribution in [3.63, 3.8) is 0 Å². The minimum absolute atomic E-state index is 0.133. The fourth-order valence-corrected chi connectivity index (χ4v) is 2.28. The summed E-state index contributed by atoms with van der Waals surface area (Å²) in [5.74, 6) is -0.786. The molecule has 0 unspecified atom stereocenters. The smallest absolute Gasteiger partial charge is 0.317 e. The maximum atomic E-state index is 12.0. The van der Waals surface area contributed by atoms with Crippen molar-refractivity contribution in [3.05, 3.63) is 0 Å². The standard InChI is InChI=1S/C13H24N2O3/c1-3-8-15(9-4-2)12(18)14-10-13(11(16)17)6-5-7-13/h3-10H2,1-2H3,(H,14,18)(H,16,17). The molecule has 1 fully saturated rings. The van der Waals surface area contributed by atoms with Gasteiger partial charge in [0, 0.05) is 19.6 Å². The molecule has 0 bridgehead atoms. The molecule has 104 valence electrons. The number of urea groups is 1. The van der Waals surface area contributed by atoms with Gasteiger partial charge >= 0.3 is 12.0 Å². The second-order valence-electron chi connectivity index (χ2n) is 5.08. The van der Waals surface area contributed by atoms with Crippen LogP contribution in [0.5, 0.6) is 0 Å². The monoisotopic (exact) mass is 256 g/mol. The van der Waals surface area contributed by atoms with Gasteiger partial charge in [0.05, 0.1) is 5.41 Å². The molecule has 5 heteroatoms. The minimum atomic E-state index is -0.786. The first-order chi connectivity index (χ1) is 8.55. The molecule has 5 nitrogen and oxygen atoms in total. The number of carboxylic acids is 1. The average molecular weight is 256 g/mol. The molecule has 1 aliphatic rings. The zero-order valence-corrected chi connectivity index (χ0v) is 11.4. The van der Waals surface area contributed by atoms with E-state index >= 15 is 0 Å². The molecule has 2 amide bonds. The Kier molecular flexibility index (Phi) is 5.44. The molecule has 0 radical (unpaired) electrons. The molecule has 0 spiro atoms. The van der Waals surface area contributed by atoms with E-state index in [-0.39, 0.29) is 12.6 Å². The maximum absolute atomic E-state index is 12.0. The van der Waals surface area contributed by atoms with Gasteiger partial charge in [-0.05, 0) is 25.7 Å². The highest BCUT2D eigenvalue weighted by Gasteiger charge is 2.44. The van der Waals surface area contributed by atoms with E-state index < -0.39 is 11.4 Å². The summed E-state index contributed by atoms with van der Waals surface area (Å²) in [6.45, 7) is 5.76. The van der Waals surface area contributed by atoms with Gasteiger partial charge in [-0.1, -0.05) is 20.3 Å². The Morgan fingerprint density at radius 2 is 1.78 bits per heavy atom. The topological polar surface area (TPSA) is 69.6 Å². The third-order valence-electron chi connectivity index (χ3n) is 3.62. The van der Waals surface area contributed by atoms with Crippen molar-refractivity contribution < 1.29 is 14.7 Å². The fourth-order valence-electron chi connectivity index (χ4n) is 2.28. The van der Waals surface area contributed by atoms with E-state index in [0.29, 0.717) is 12.8 Å². The highest BCUT2D eigenvalue weighted by atomic mass is 16.4. The Morgan fingerprint density at radius 3 is 2.11 bits per heavy atom. The lowest BCUT2D eigenvalue weighted by molar-refractivity contribution is -0.153. The predicted octanol–water partition coefficient (Wildman–Crippen LogP) is 2.07. The summed E-state index contributed by atoms with van der Waals surface area (Å²) >= 11 is 0. The lowest BCUT2D eigenvalue weighted by atomic mass is 9.69. The van der Waals surface area contributed by atoms with E-state index in [9.17, 15) is 14.7 Å². The second kappa shape index (κ2) is 6.61. The zero-order valence-electron chi connectivity index (χ0n) is 11.4. The highest BCUT2D eigenvalue weighted by Crippen LogP contribution is 2.40.